The Bertz CT molecular complexity index is 698. The number of methoxy groups -OCH3 is 1. The number of hydrogen-bond acceptors (Lipinski definition) is 6. The van der Waals surface area contributed by atoms with Gasteiger partial charge in [0, 0.05) is 56.3 Å². The fourth-order valence-electron chi connectivity index (χ4n) is 3.33. The van der Waals surface area contributed by atoms with Gasteiger partial charge in [0.2, 0.25) is 5.91 Å². The molecule has 0 saturated carbocycles. The number of anilines is 1. The molecule has 0 unspecified atom stereocenters. The van der Waals surface area contributed by atoms with Crippen LogP contribution in [0.1, 0.15) is 17.0 Å². The first kappa shape index (κ1) is 17.3. The van der Waals surface area contributed by atoms with E-state index in [9.17, 15) is 4.79 Å². The number of carbonyl (C=O) groups is 1. The van der Waals surface area contributed by atoms with Gasteiger partial charge in [0.25, 0.3) is 0 Å². The van der Waals surface area contributed by atoms with Gasteiger partial charge in [0.05, 0.1) is 24.4 Å². The molecule has 8 nitrogen and oxygen atoms in total. The Kier molecular flexibility index (Phi) is 5.28. The lowest BCUT2D eigenvalue weighted by Gasteiger charge is -2.17. The molecule has 2 atom stereocenters. The Morgan fingerprint density at radius 2 is 2.24 bits per heavy atom. The van der Waals surface area contributed by atoms with Crippen LogP contribution in [-0.2, 0) is 16.1 Å². The van der Waals surface area contributed by atoms with Crippen molar-refractivity contribution in [3.05, 3.63) is 35.5 Å². The molecule has 1 amide bonds. The van der Waals surface area contributed by atoms with E-state index in [1.54, 1.807) is 25.7 Å². The highest BCUT2D eigenvalue weighted by Crippen LogP contribution is 2.27. The van der Waals surface area contributed by atoms with Gasteiger partial charge in [-0.1, -0.05) is 0 Å². The summed E-state index contributed by atoms with van der Waals surface area (Å²) in [5, 5.41) is 10.2. The van der Waals surface area contributed by atoms with E-state index in [0.29, 0.717) is 19.7 Å². The van der Waals surface area contributed by atoms with Crippen LogP contribution in [0.15, 0.2) is 18.6 Å². The standard InChI is InChI=1S/C17H24N6O2/c1-11-14(12(2)22-21-11)6-20-17(24)15-9-23(8-13(15)10-25-3)16-7-18-4-5-19-16/h4-5,7,13,15H,6,8-10H2,1-3H3,(H,20,24)(H,21,22)/t13-,15+/m0/s1. The van der Waals surface area contributed by atoms with Crippen molar-refractivity contribution in [3.63, 3.8) is 0 Å². The fraction of sp³-hybridized carbons (Fsp3) is 0.529. The molecule has 2 aromatic heterocycles. The molecule has 2 N–H and O–H groups in total. The predicted molar refractivity (Wildman–Crippen MR) is 93.0 cm³/mol. The number of hydrogen-bond donors (Lipinski definition) is 2. The number of rotatable bonds is 6. The number of aromatic amines is 1. The first-order valence-electron chi connectivity index (χ1n) is 8.38. The number of aryl methyl sites for hydroxylation is 2. The molecule has 2 aromatic rings. The second-order valence-electron chi connectivity index (χ2n) is 6.42. The Morgan fingerprint density at radius 1 is 1.40 bits per heavy atom. The molecule has 0 radical (unpaired) electrons. The summed E-state index contributed by atoms with van der Waals surface area (Å²) < 4.78 is 5.32. The second-order valence-corrected chi connectivity index (χ2v) is 6.42. The minimum atomic E-state index is -0.144. The average molecular weight is 344 g/mol. The van der Waals surface area contributed by atoms with Crippen LogP contribution in [0.3, 0.4) is 0 Å². The van der Waals surface area contributed by atoms with Gasteiger partial charge < -0.3 is 15.0 Å². The summed E-state index contributed by atoms with van der Waals surface area (Å²) in [5.41, 5.74) is 2.94. The fourth-order valence-corrected chi connectivity index (χ4v) is 3.33. The Labute approximate surface area is 147 Å². The van der Waals surface area contributed by atoms with Crippen LogP contribution in [-0.4, -0.2) is 52.9 Å². The topological polar surface area (TPSA) is 96.0 Å². The maximum Gasteiger partial charge on any atom is 0.225 e. The quantitative estimate of drug-likeness (QED) is 0.806. The number of nitrogens with one attached hydrogen (secondary N) is 2. The van der Waals surface area contributed by atoms with E-state index in [-0.39, 0.29) is 17.7 Å². The molecule has 0 aromatic carbocycles. The Morgan fingerprint density at radius 3 is 2.88 bits per heavy atom. The first-order valence-corrected chi connectivity index (χ1v) is 8.38. The third-order valence-corrected chi connectivity index (χ3v) is 4.75. The number of ether oxygens (including phenoxy) is 1. The van der Waals surface area contributed by atoms with Crippen molar-refractivity contribution in [2.45, 2.75) is 20.4 Å². The molecule has 1 saturated heterocycles. The summed E-state index contributed by atoms with van der Waals surface area (Å²) in [7, 11) is 1.66. The molecule has 0 spiro atoms. The van der Waals surface area contributed by atoms with E-state index in [1.807, 2.05) is 13.8 Å². The summed E-state index contributed by atoms with van der Waals surface area (Å²) >= 11 is 0. The molecule has 1 aliphatic rings. The van der Waals surface area contributed by atoms with Gasteiger partial charge in [-0.25, -0.2) is 4.98 Å². The minimum Gasteiger partial charge on any atom is -0.384 e. The van der Waals surface area contributed by atoms with E-state index in [2.05, 4.69) is 30.4 Å². The number of carbonyl (C=O) groups excluding carboxylic acids is 1. The van der Waals surface area contributed by atoms with Gasteiger partial charge >= 0.3 is 0 Å². The van der Waals surface area contributed by atoms with E-state index >= 15 is 0 Å². The van der Waals surface area contributed by atoms with Gasteiger partial charge in [-0.05, 0) is 13.8 Å². The predicted octanol–water partition coefficient (Wildman–Crippen LogP) is 0.832. The molecule has 3 rings (SSSR count). The molecule has 0 aliphatic carbocycles. The SMILES string of the molecule is COC[C@@H]1CN(c2cnccn2)C[C@H]1C(=O)NCc1c(C)n[nH]c1C. The monoisotopic (exact) mass is 344 g/mol. The van der Waals surface area contributed by atoms with Crippen LogP contribution < -0.4 is 10.2 Å². The van der Waals surface area contributed by atoms with Crippen molar-refractivity contribution in [3.8, 4) is 0 Å². The van der Waals surface area contributed by atoms with Gasteiger partial charge in [-0.15, -0.1) is 0 Å². The molecule has 1 aliphatic heterocycles. The van der Waals surface area contributed by atoms with Gasteiger partial charge in [0.15, 0.2) is 0 Å². The van der Waals surface area contributed by atoms with Crippen LogP contribution in [0, 0.1) is 25.7 Å². The molecular formula is C17H24N6O2. The van der Waals surface area contributed by atoms with Crippen LogP contribution in [0.2, 0.25) is 0 Å². The zero-order valence-corrected chi connectivity index (χ0v) is 14.8. The van der Waals surface area contributed by atoms with Crippen molar-refractivity contribution in [2.75, 3.05) is 31.7 Å². The second kappa shape index (κ2) is 7.60. The number of amides is 1. The number of aromatic nitrogens is 4. The normalized spacial score (nSPS) is 20.0. The van der Waals surface area contributed by atoms with Crippen LogP contribution >= 0.6 is 0 Å². The number of H-pyrrole nitrogens is 1. The van der Waals surface area contributed by atoms with E-state index in [1.165, 1.54) is 0 Å². The highest BCUT2D eigenvalue weighted by molar-refractivity contribution is 5.80. The maximum absolute atomic E-state index is 12.8. The van der Waals surface area contributed by atoms with E-state index in [0.717, 1.165) is 29.3 Å². The molecule has 3 heterocycles. The average Bonchev–Trinajstić information content (AvgIpc) is 3.18. The molecule has 8 heteroatoms. The third kappa shape index (κ3) is 3.79. The molecule has 25 heavy (non-hydrogen) atoms. The summed E-state index contributed by atoms with van der Waals surface area (Å²) in [6.45, 7) is 6.26. The van der Waals surface area contributed by atoms with Crippen LogP contribution in [0.4, 0.5) is 5.82 Å². The lowest BCUT2D eigenvalue weighted by molar-refractivity contribution is -0.126. The summed E-state index contributed by atoms with van der Waals surface area (Å²) in [6.07, 6.45) is 5.03. The zero-order valence-electron chi connectivity index (χ0n) is 14.8. The molecule has 134 valence electrons. The first-order chi connectivity index (χ1) is 12.1. The van der Waals surface area contributed by atoms with E-state index < -0.39 is 0 Å². The molecule has 0 bridgehead atoms. The van der Waals surface area contributed by atoms with Crippen molar-refractivity contribution in [1.29, 1.82) is 0 Å². The minimum absolute atomic E-state index is 0.0356. The van der Waals surface area contributed by atoms with Crippen LogP contribution in [0.25, 0.3) is 0 Å². The lowest BCUT2D eigenvalue weighted by atomic mass is 9.96. The molecular weight excluding hydrogens is 320 g/mol. The third-order valence-electron chi connectivity index (χ3n) is 4.75. The van der Waals surface area contributed by atoms with Gasteiger partial charge in [0.1, 0.15) is 5.82 Å². The van der Waals surface area contributed by atoms with Crippen molar-refractivity contribution in [1.82, 2.24) is 25.5 Å². The number of nitrogens with zero attached hydrogens (tertiary/aromatic N) is 4. The van der Waals surface area contributed by atoms with E-state index in [4.69, 9.17) is 4.74 Å². The highest BCUT2D eigenvalue weighted by Gasteiger charge is 2.38. The largest absolute Gasteiger partial charge is 0.384 e. The summed E-state index contributed by atoms with van der Waals surface area (Å²) in [6, 6.07) is 0. The lowest BCUT2D eigenvalue weighted by Crippen LogP contribution is -2.36. The van der Waals surface area contributed by atoms with Crippen molar-refractivity contribution >= 4 is 11.7 Å². The maximum atomic E-state index is 12.8. The summed E-state index contributed by atoms with van der Waals surface area (Å²) in [4.78, 5) is 23.3. The Balaban J connectivity index is 1.67. The van der Waals surface area contributed by atoms with Gasteiger partial charge in [-0.3, -0.25) is 14.9 Å². The Hall–Kier alpha value is -2.48. The van der Waals surface area contributed by atoms with Crippen molar-refractivity contribution < 1.29 is 9.53 Å². The molecule has 1 fully saturated rings. The highest BCUT2D eigenvalue weighted by atomic mass is 16.5. The smallest absolute Gasteiger partial charge is 0.225 e. The van der Waals surface area contributed by atoms with Gasteiger partial charge in [-0.2, -0.15) is 5.10 Å². The van der Waals surface area contributed by atoms with Crippen LogP contribution in [0.5, 0.6) is 0 Å². The summed E-state index contributed by atoms with van der Waals surface area (Å²) in [5.74, 6) is 0.807. The zero-order chi connectivity index (χ0) is 17.8. The van der Waals surface area contributed by atoms with Crippen molar-refractivity contribution in [2.24, 2.45) is 11.8 Å².